The summed E-state index contributed by atoms with van der Waals surface area (Å²) in [5.41, 5.74) is 2.31. The van der Waals surface area contributed by atoms with E-state index in [9.17, 15) is 9.59 Å². The fourth-order valence-corrected chi connectivity index (χ4v) is 1.58. The van der Waals surface area contributed by atoms with Gasteiger partial charge >= 0.3 is 6.03 Å². The zero-order chi connectivity index (χ0) is 14.3. The molecule has 3 N–H and O–H groups in total. The van der Waals surface area contributed by atoms with E-state index < -0.39 is 0 Å². The molecule has 0 heterocycles. The Balaban J connectivity index is 2.63. The van der Waals surface area contributed by atoms with Gasteiger partial charge in [-0.25, -0.2) is 4.79 Å². The van der Waals surface area contributed by atoms with Gasteiger partial charge in [-0.1, -0.05) is 19.4 Å². The number of unbranched alkanes of at least 4 members (excludes halogenated alkanes) is 1. The minimum absolute atomic E-state index is 0.132. The van der Waals surface area contributed by atoms with Crippen LogP contribution in [0.2, 0.25) is 0 Å². The van der Waals surface area contributed by atoms with Crippen molar-refractivity contribution in [2.24, 2.45) is 0 Å². The summed E-state index contributed by atoms with van der Waals surface area (Å²) in [4.78, 5) is 22.7. The molecule has 1 aromatic carbocycles. The fraction of sp³-hybridized carbons (Fsp3) is 0.429. The van der Waals surface area contributed by atoms with Crippen molar-refractivity contribution in [3.05, 3.63) is 23.8 Å². The first-order valence-electron chi connectivity index (χ1n) is 6.46. The summed E-state index contributed by atoms with van der Waals surface area (Å²) < 4.78 is 0. The fourth-order valence-electron chi connectivity index (χ4n) is 1.58. The Bertz CT molecular complexity index is 458. The van der Waals surface area contributed by atoms with Crippen molar-refractivity contribution >= 4 is 23.3 Å². The summed E-state index contributed by atoms with van der Waals surface area (Å²) in [5.74, 6) is -0.132. The number of carbonyl (C=O) groups is 2. The third-order valence-electron chi connectivity index (χ3n) is 2.62. The molecule has 104 valence electrons. The molecule has 0 saturated carbocycles. The number of amides is 3. The Kier molecular flexibility index (Phi) is 5.85. The molecule has 3 amide bonds. The second-order valence-corrected chi connectivity index (χ2v) is 4.45. The first kappa shape index (κ1) is 15.0. The second-order valence-electron chi connectivity index (χ2n) is 4.45. The van der Waals surface area contributed by atoms with E-state index in [1.165, 1.54) is 6.92 Å². The Morgan fingerprint density at radius 1 is 1.21 bits per heavy atom. The summed E-state index contributed by atoms with van der Waals surface area (Å²) in [6, 6.07) is 5.18. The summed E-state index contributed by atoms with van der Waals surface area (Å²) in [7, 11) is 0. The lowest BCUT2D eigenvalue weighted by Crippen LogP contribution is -2.29. The molecular weight excluding hydrogens is 242 g/mol. The zero-order valence-electron chi connectivity index (χ0n) is 11.7. The Hall–Kier alpha value is -2.04. The number of carbonyl (C=O) groups excluding carboxylic acids is 2. The van der Waals surface area contributed by atoms with Gasteiger partial charge in [-0.05, 0) is 31.0 Å². The third kappa shape index (κ3) is 5.42. The smallest absolute Gasteiger partial charge is 0.319 e. The van der Waals surface area contributed by atoms with Crippen molar-refractivity contribution in [1.82, 2.24) is 5.32 Å². The number of rotatable bonds is 5. The predicted octanol–water partition coefficient (Wildman–Crippen LogP) is 2.88. The van der Waals surface area contributed by atoms with Crippen molar-refractivity contribution in [2.75, 3.05) is 17.2 Å². The highest BCUT2D eigenvalue weighted by molar-refractivity contribution is 5.93. The standard InChI is InChI=1S/C14H21N3O2/c1-4-5-8-15-14(19)17-12-7-6-10(2)13(9-12)16-11(3)18/h6-7,9H,4-5,8H2,1-3H3,(H,16,18)(H2,15,17,19). The van der Waals surface area contributed by atoms with Gasteiger partial charge in [-0.3, -0.25) is 4.79 Å². The van der Waals surface area contributed by atoms with Gasteiger partial charge in [0.1, 0.15) is 0 Å². The van der Waals surface area contributed by atoms with Gasteiger partial charge in [0.05, 0.1) is 0 Å². The monoisotopic (exact) mass is 263 g/mol. The molecule has 0 aliphatic carbocycles. The maximum Gasteiger partial charge on any atom is 0.319 e. The van der Waals surface area contributed by atoms with Crippen LogP contribution in [0.25, 0.3) is 0 Å². The van der Waals surface area contributed by atoms with Gasteiger partial charge in [0.2, 0.25) is 5.91 Å². The van der Waals surface area contributed by atoms with E-state index in [-0.39, 0.29) is 11.9 Å². The van der Waals surface area contributed by atoms with Crippen molar-refractivity contribution in [3.63, 3.8) is 0 Å². The molecule has 0 bridgehead atoms. The van der Waals surface area contributed by atoms with E-state index in [0.717, 1.165) is 18.4 Å². The van der Waals surface area contributed by atoms with Crippen LogP contribution in [0.3, 0.4) is 0 Å². The van der Waals surface area contributed by atoms with E-state index in [2.05, 4.69) is 22.9 Å². The molecular formula is C14H21N3O2. The van der Waals surface area contributed by atoms with E-state index in [1.54, 1.807) is 12.1 Å². The Morgan fingerprint density at radius 3 is 2.58 bits per heavy atom. The molecule has 0 aliphatic rings. The van der Waals surface area contributed by atoms with Crippen LogP contribution in [0.1, 0.15) is 32.3 Å². The van der Waals surface area contributed by atoms with Crippen LogP contribution in [0.5, 0.6) is 0 Å². The number of aryl methyl sites for hydroxylation is 1. The molecule has 19 heavy (non-hydrogen) atoms. The Morgan fingerprint density at radius 2 is 1.95 bits per heavy atom. The lowest BCUT2D eigenvalue weighted by atomic mass is 10.2. The average molecular weight is 263 g/mol. The largest absolute Gasteiger partial charge is 0.338 e. The van der Waals surface area contributed by atoms with Crippen LogP contribution >= 0.6 is 0 Å². The Labute approximate surface area is 113 Å². The lowest BCUT2D eigenvalue weighted by molar-refractivity contribution is -0.114. The number of urea groups is 1. The minimum atomic E-state index is -0.230. The highest BCUT2D eigenvalue weighted by Gasteiger charge is 2.05. The SMILES string of the molecule is CCCCNC(=O)Nc1ccc(C)c(NC(C)=O)c1. The van der Waals surface area contributed by atoms with Crippen molar-refractivity contribution < 1.29 is 9.59 Å². The summed E-state index contributed by atoms with van der Waals surface area (Å²) >= 11 is 0. The molecule has 0 radical (unpaired) electrons. The molecule has 0 saturated heterocycles. The summed E-state index contributed by atoms with van der Waals surface area (Å²) in [5, 5.41) is 8.24. The van der Waals surface area contributed by atoms with Crippen molar-refractivity contribution in [3.8, 4) is 0 Å². The summed E-state index contributed by atoms with van der Waals surface area (Å²) in [6.07, 6.45) is 2.00. The van der Waals surface area contributed by atoms with E-state index in [1.807, 2.05) is 13.0 Å². The minimum Gasteiger partial charge on any atom is -0.338 e. The molecule has 5 heteroatoms. The van der Waals surface area contributed by atoms with Crippen LogP contribution in [-0.4, -0.2) is 18.5 Å². The maximum absolute atomic E-state index is 11.6. The molecule has 0 atom stereocenters. The first-order valence-corrected chi connectivity index (χ1v) is 6.46. The zero-order valence-corrected chi connectivity index (χ0v) is 11.7. The molecule has 0 aliphatic heterocycles. The highest BCUT2D eigenvalue weighted by atomic mass is 16.2. The second kappa shape index (κ2) is 7.41. The molecule has 5 nitrogen and oxygen atoms in total. The van der Waals surface area contributed by atoms with Crippen LogP contribution < -0.4 is 16.0 Å². The first-order chi connectivity index (χ1) is 9.02. The van der Waals surface area contributed by atoms with Gasteiger partial charge < -0.3 is 16.0 Å². The van der Waals surface area contributed by atoms with Gasteiger partial charge in [-0.15, -0.1) is 0 Å². The van der Waals surface area contributed by atoms with Crippen LogP contribution in [-0.2, 0) is 4.79 Å². The van der Waals surface area contributed by atoms with E-state index in [0.29, 0.717) is 17.9 Å². The number of anilines is 2. The van der Waals surface area contributed by atoms with Crippen LogP contribution in [0.4, 0.5) is 16.2 Å². The molecule has 0 aromatic heterocycles. The third-order valence-corrected chi connectivity index (χ3v) is 2.62. The maximum atomic E-state index is 11.6. The topological polar surface area (TPSA) is 70.2 Å². The molecule has 1 rings (SSSR count). The highest BCUT2D eigenvalue weighted by Crippen LogP contribution is 2.20. The molecule has 0 unspecified atom stereocenters. The van der Waals surface area contributed by atoms with Crippen LogP contribution in [0, 0.1) is 6.92 Å². The molecule has 0 spiro atoms. The lowest BCUT2D eigenvalue weighted by Gasteiger charge is -2.11. The normalized spacial score (nSPS) is 9.84. The van der Waals surface area contributed by atoms with E-state index in [4.69, 9.17) is 0 Å². The molecule has 0 fully saturated rings. The van der Waals surface area contributed by atoms with E-state index >= 15 is 0 Å². The van der Waals surface area contributed by atoms with Crippen molar-refractivity contribution in [1.29, 1.82) is 0 Å². The van der Waals surface area contributed by atoms with Crippen LogP contribution in [0.15, 0.2) is 18.2 Å². The summed E-state index contributed by atoms with van der Waals surface area (Å²) in [6.45, 7) is 6.08. The number of benzene rings is 1. The quantitative estimate of drug-likeness (QED) is 0.715. The van der Waals surface area contributed by atoms with Gasteiger partial charge in [-0.2, -0.15) is 0 Å². The number of nitrogens with one attached hydrogen (secondary N) is 3. The van der Waals surface area contributed by atoms with Gasteiger partial charge in [0.15, 0.2) is 0 Å². The van der Waals surface area contributed by atoms with Gasteiger partial charge in [0, 0.05) is 24.8 Å². The average Bonchev–Trinajstić information content (AvgIpc) is 2.33. The van der Waals surface area contributed by atoms with Crippen molar-refractivity contribution in [2.45, 2.75) is 33.6 Å². The number of hydrogen-bond acceptors (Lipinski definition) is 2. The van der Waals surface area contributed by atoms with Gasteiger partial charge in [0.25, 0.3) is 0 Å². The predicted molar refractivity (Wildman–Crippen MR) is 77.4 cm³/mol. The number of hydrogen-bond donors (Lipinski definition) is 3. The molecule has 1 aromatic rings.